The van der Waals surface area contributed by atoms with Crippen LogP contribution in [0.15, 0.2) is 34.6 Å². The number of alkyl halides is 3. The summed E-state index contributed by atoms with van der Waals surface area (Å²) in [5.74, 6) is 0.362. The summed E-state index contributed by atoms with van der Waals surface area (Å²) in [6.07, 6.45) is -4.07. The van der Waals surface area contributed by atoms with E-state index in [9.17, 15) is 18.0 Å². The van der Waals surface area contributed by atoms with Crippen molar-refractivity contribution in [2.45, 2.75) is 45.5 Å². The fourth-order valence-electron chi connectivity index (χ4n) is 2.49. The molecule has 1 amide bonds. The summed E-state index contributed by atoms with van der Waals surface area (Å²) in [4.78, 5) is 20.0. The molecule has 2 aromatic rings. The highest BCUT2D eigenvalue weighted by molar-refractivity contribution is 7.09. The highest BCUT2D eigenvalue weighted by Crippen LogP contribution is 2.29. The number of carbonyl (C=O) groups excluding carboxylic acids is 1. The van der Waals surface area contributed by atoms with Gasteiger partial charge in [-0.2, -0.15) is 13.2 Å². The average Bonchev–Trinajstić information content (AvgIpc) is 3.13. The Morgan fingerprint density at radius 2 is 1.93 bits per heavy atom. The number of thiazole rings is 1. The Kier molecular flexibility index (Phi) is 7.83. The molecule has 1 aromatic heterocycles. The SMILES string of the molecule is CN=C(NCCc1nc(C(F)(F)F)cs1)NCc1cccc(C(=O)NC(C)(C)C)c1. The van der Waals surface area contributed by atoms with Gasteiger partial charge in [-0.3, -0.25) is 9.79 Å². The maximum atomic E-state index is 12.6. The minimum absolute atomic E-state index is 0.145. The van der Waals surface area contributed by atoms with Crippen LogP contribution < -0.4 is 16.0 Å². The molecule has 0 spiro atoms. The number of hydrogen-bond donors (Lipinski definition) is 3. The predicted molar refractivity (Wildman–Crippen MR) is 113 cm³/mol. The number of guanidine groups is 1. The Bertz CT molecular complexity index is 887. The van der Waals surface area contributed by atoms with E-state index in [1.54, 1.807) is 19.2 Å². The van der Waals surface area contributed by atoms with Gasteiger partial charge in [-0.25, -0.2) is 4.98 Å². The van der Waals surface area contributed by atoms with Crippen LogP contribution in [-0.4, -0.2) is 36.0 Å². The number of benzene rings is 1. The molecule has 0 aliphatic carbocycles. The van der Waals surface area contributed by atoms with Crippen molar-refractivity contribution in [3.63, 3.8) is 0 Å². The molecule has 0 saturated heterocycles. The predicted octanol–water partition coefficient (Wildman–Crippen LogP) is 3.60. The van der Waals surface area contributed by atoms with Crippen molar-refractivity contribution >= 4 is 23.2 Å². The van der Waals surface area contributed by atoms with Gasteiger partial charge in [0.15, 0.2) is 11.7 Å². The standard InChI is InChI=1S/C20H26F3N5OS/c1-19(2,3)28-17(29)14-7-5-6-13(10-14)11-26-18(24-4)25-9-8-16-27-15(12-30-16)20(21,22)23/h5-7,10,12H,8-9,11H2,1-4H3,(H,28,29)(H2,24,25,26). The lowest BCUT2D eigenvalue weighted by Gasteiger charge is -2.20. The van der Waals surface area contributed by atoms with Gasteiger partial charge in [0, 0.05) is 43.0 Å². The zero-order valence-corrected chi connectivity index (χ0v) is 18.2. The van der Waals surface area contributed by atoms with Gasteiger partial charge in [-0.05, 0) is 38.5 Å². The maximum Gasteiger partial charge on any atom is 0.434 e. The Labute approximate surface area is 178 Å². The summed E-state index contributed by atoms with van der Waals surface area (Å²) >= 11 is 0.985. The zero-order valence-electron chi connectivity index (χ0n) is 17.4. The Balaban J connectivity index is 1.85. The summed E-state index contributed by atoms with van der Waals surface area (Å²) in [5.41, 5.74) is 0.279. The first-order valence-electron chi connectivity index (χ1n) is 9.35. The highest BCUT2D eigenvalue weighted by Gasteiger charge is 2.33. The van der Waals surface area contributed by atoms with Gasteiger partial charge in [0.2, 0.25) is 0 Å². The maximum absolute atomic E-state index is 12.6. The van der Waals surface area contributed by atoms with Crippen LogP contribution in [0.4, 0.5) is 13.2 Å². The second-order valence-corrected chi connectivity index (χ2v) is 8.57. The summed E-state index contributed by atoms with van der Waals surface area (Å²) in [5, 5.41) is 10.5. The van der Waals surface area contributed by atoms with Crippen molar-refractivity contribution in [3.8, 4) is 0 Å². The molecule has 0 atom stereocenters. The van der Waals surface area contributed by atoms with Gasteiger partial charge in [0.25, 0.3) is 5.91 Å². The molecule has 1 heterocycles. The Morgan fingerprint density at radius 3 is 2.53 bits per heavy atom. The number of nitrogens with one attached hydrogen (secondary N) is 3. The van der Waals surface area contributed by atoms with Crippen LogP contribution in [0.3, 0.4) is 0 Å². The summed E-state index contributed by atoms with van der Waals surface area (Å²) in [6.45, 7) is 6.58. The van der Waals surface area contributed by atoms with Crippen LogP contribution in [0.25, 0.3) is 0 Å². The van der Waals surface area contributed by atoms with E-state index in [0.717, 1.165) is 22.3 Å². The first-order valence-corrected chi connectivity index (χ1v) is 10.2. The smallest absolute Gasteiger partial charge is 0.356 e. The molecule has 1 aromatic carbocycles. The number of rotatable bonds is 6. The third kappa shape index (κ3) is 7.66. The van der Waals surface area contributed by atoms with Crippen LogP contribution in [0.2, 0.25) is 0 Å². The monoisotopic (exact) mass is 441 g/mol. The topological polar surface area (TPSA) is 78.4 Å². The van der Waals surface area contributed by atoms with E-state index in [2.05, 4.69) is 25.9 Å². The van der Waals surface area contributed by atoms with E-state index < -0.39 is 11.9 Å². The number of hydrogen-bond acceptors (Lipinski definition) is 4. The Morgan fingerprint density at radius 1 is 1.20 bits per heavy atom. The second kappa shape index (κ2) is 9.92. The van der Waals surface area contributed by atoms with Crippen LogP contribution in [-0.2, 0) is 19.1 Å². The lowest BCUT2D eigenvalue weighted by molar-refractivity contribution is -0.140. The molecule has 30 heavy (non-hydrogen) atoms. The molecule has 0 fully saturated rings. The van der Waals surface area contributed by atoms with Gasteiger partial charge in [-0.15, -0.1) is 11.3 Å². The van der Waals surface area contributed by atoms with Crippen LogP contribution in [0, 0.1) is 0 Å². The fraction of sp³-hybridized carbons (Fsp3) is 0.450. The van der Waals surface area contributed by atoms with Crippen LogP contribution in [0.5, 0.6) is 0 Å². The van der Waals surface area contributed by atoms with Crippen molar-refractivity contribution in [1.82, 2.24) is 20.9 Å². The number of amides is 1. The van der Waals surface area contributed by atoms with E-state index in [-0.39, 0.29) is 11.4 Å². The second-order valence-electron chi connectivity index (χ2n) is 7.63. The summed E-state index contributed by atoms with van der Waals surface area (Å²) < 4.78 is 37.8. The third-order valence-electron chi connectivity index (χ3n) is 3.83. The quantitative estimate of drug-likeness (QED) is 0.473. The largest absolute Gasteiger partial charge is 0.434 e. The number of aliphatic imine (C=N–C) groups is 1. The fourth-order valence-corrected chi connectivity index (χ4v) is 3.29. The van der Waals surface area contributed by atoms with Crippen LogP contribution in [0.1, 0.15) is 47.4 Å². The van der Waals surface area contributed by atoms with Crippen molar-refractivity contribution in [3.05, 3.63) is 51.5 Å². The lowest BCUT2D eigenvalue weighted by atomic mass is 10.1. The number of aromatic nitrogens is 1. The number of nitrogens with zero attached hydrogens (tertiary/aromatic N) is 2. The molecule has 6 nitrogen and oxygen atoms in total. The van der Waals surface area contributed by atoms with Gasteiger partial charge < -0.3 is 16.0 Å². The molecule has 0 saturated carbocycles. The molecule has 0 aliphatic rings. The molecule has 0 aliphatic heterocycles. The van der Waals surface area contributed by atoms with E-state index in [0.29, 0.717) is 36.0 Å². The van der Waals surface area contributed by atoms with Crippen molar-refractivity contribution in [2.75, 3.05) is 13.6 Å². The Hall–Kier alpha value is -2.62. The molecule has 0 unspecified atom stereocenters. The molecule has 0 radical (unpaired) electrons. The first kappa shape index (κ1) is 23.7. The van der Waals surface area contributed by atoms with Crippen molar-refractivity contribution in [1.29, 1.82) is 0 Å². The molecular weight excluding hydrogens is 415 g/mol. The third-order valence-corrected chi connectivity index (χ3v) is 4.74. The van der Waals surface area contributed by atoms with Crippen molar-refractivity contribution in [2.24, 2.45) is 4.99 Å². The molecule has 0 bridgehead atoms. The van der Waals surface area contributed by atoms with E-state index in [1.807, 2.05) is 32.9 Å². The van der Waals surface area contributed by atoms with Gasteiger partial charge in [0.05, 0.1) is 5.01 Å². The highest BCUT2D eigenvalue weighted by atomic mass is 32.1. The lowest BCUT2D eigenvalue weighted by Crippen LogP contribution is -2.40. The normalized spacial score (nSPS) is 12.6. The zero-order chi connectivity index (χ0) is 22.4. The van der Waals surface area contributed by atoms with Gasteiger partial charge in [-0.1, -0.05) is 12.1 Å². The number of carbonyl (C=O) groups is 1. The van der Waals surface area contributed by atoms with Gasteiger partial charge >= 0.3 is 6.18 Å². The number of halogens is 3. The van der Waals surface area contributed by atoms with Crippen LogP contribution >= 0.6 is 11.3 Å². The van der Waals surface area contributed by atoms with Gasteiger partial charge in [0.1, 0.15) is 0 Å². The minimum Gasteiger partial charge on any atom is -0.356 e. The first-order chi connectivity index (χ1) is 14.0. The molecule has 2 rings (SSSR count). The van der Waals surface area contributed by atoms with E-state index in [1.165, 1.54) is 0 Å². The minimum atomic E-state index is -4.42. The summed E-state index contributed by atoms with van der Waals surface area (Å²) in [7, 11) is 1.60. The average molecular weight is 442 g/mol. The molecule has 10 heteroatoms. The summed E-state index contributed by atoms with van der Waals surface area (Å²) in [6, 6.07) is 7.25. The molecular formula is C20H26F3N5OS. The van der Waals surface area contributed by atoms with E-state index in [4.69, 9.17) is 0 Å². The molecule has 164 valence electrons. The van der Waals surface area contributed by atoms with Crippen molar-refractivity contribution < 1.29 is 18.0 Å². The van der Waals surface area contributed by atoms with E-state index >= 15 is 0 Å². The molecule has 3 N–H and O–H groups in total.